The number of amides is 2. The molecule has 3 aromatic rings. The highest BCUT2D eigenvalue weighted by molar-refractivity contribution is 7.98. The van der Waals surface area contributed by atoms with Crippen molar-refractivity contribution in [2.45, 2.75) is 23.7 Å². The zero-order chi connectivity index (χ0) is 21.3. The van der Waals surface area contributed by atoms with Crippen molar-refractivity contribution in [1.82, 2.24) is 9.97 Å². The Labute approximate surface area is 181 Å². The Hall–Kier alpha value is -2.52. The first-order chi connectivity index (χ1) is 14.3. The summed E-state index contributed by atoms with van der Waals surface area (Å²) < 4.78 is 26.7. The second-order valence-electron chi connectivity index (χ2n) is 7.07. The third kappa shape index (κ3) is 4.46. The number of nitrogens with zero attached hydrogens (tertiary/aromatic N) is 2. The highest BCUT2D eigenvalue weighted by atomic mass is 35.5. The SMILES string of the molecule is CSc1ccc2[nH]cc(NC(=O)Nc3cnc(N4CCC(F)(F)CC4)c(Cl)c3)c2c1. The standard InChI is InChI=1S/C20H20ClF2N5OS/c1-30-13-2-3-16-14(9-13)17(11-24-16)27-19(29)26-12-8-15(21)18(25-10-12)28-6-4-20(22,23)5-7-28/h2-3,8-11,24H,4-7H2,1H3,(H2,26,27,29). The summed E-state index contributed by atoms with van der Waals surface area (Å²) in [4.78, 5) is 22.7. The van der Waals surface area contributed by atoms with Crippen molar-refractivity contribution in [3.8, 4) is 0 Å². The monoisotopic (exact) mass is 451 g/mol. The van der Waals surface area contributed by atoms with Crippen LogP contribution in [0.2, 0.25) is 5.02 Å². The Bertz CT molecular complexity index is 1080. The molecule has 4 rings (SSSR count). The van der Waals surface area contributed by atoms with Gasteiger partial charge in [0.15, 0.2) is 0 Å². The van der Waals surface area contributed by atoms with Gasteiger partial charge in [-0.25, -0.2) is 18.6 Å². The van der Waals surface area contributed by atoms with Crippen LogP contribution in [0.1, 0.15) is 12.8 Å². The predicted molar refractivity (Wildman–Crippen MR) is 118 cm³/mol. The smallest absolute Gasteiger partial charge is 0.323 e. The molecule has 1 saturated heterocycles. The van der Waals surface area contributed by atoms with Crippen molar-refractivity contribution in [2.24, 2.45) is 0 Å². The van der Waals surface area contributed by atoms with Crippen LogP contribution in [0.15, 0.2) is 41.6 Å². The summed E-state index contributed by atoms with van der Waals surface area (Å²) in [5, 5.41) is 6.73. The van der Waals surface area contributed by atoms with Gasteiger partial charge in [-0.15, -0.1) is 11.8 Å². The van der Waals surface area contributed by atoms with E-state index in [1.165, 1.54) is 6.20 Å². The van der Waals surface area contributed by atoms with Gasteiger partial charge in [0.2, 0.25) is 0 Å². The van der Waals surface area contributed by atoms with Gasteiger partial charge in [-0.3, -0.25) is 0 Å². The molecule has 1 aliphatic rings. The second kappa shape index (κ2) is 8.31. The maximum absolute atomic E-state index is 13.4. The molecule has 0 saturated carbocycles. The third-order valence-electron chi connectivity index (χ3n) is 5.01. The van der Waals surface area contributed by atoms with Crippen LogP contribution >= 0.6 is 23.4 Å². The zero-order valence-corrected chi connectivity index (χ0v) is 17.7. The van der Waals surface area contributed by atoms with Crippen LogP contribution in [0.25, 0.3) is 10.9 Å². The van der Waals surface area contributed by atoms with E-state index < -0.39 is 12.0 Å². The number of benzene rings is 1. The van der Waals surface area contributed by atoms with Crippen LogP contribution in [-0.2, 0) is 0 Å². The zero-order valence-electron chi connectivity index (χ0n) is 16.1. The molecule has 1 aromatic carbocycles. The predicted octanol–water partition coefficient (Wildman–Crippen LogP) is 5.82. The average Bonchev–Trinajstić information content (AvgIpc) is 3.10. The number of aromatic amines is 1. The number of hydrogen-bond donors (Lipinski definition) is 3. The molecule has 0 spiro atoms. The molecule has 3 heterocycles. The lowest BCUT2D eigenvalue weighted by molar-refractivity contribution is -0.0221. The minimum Gasteiger partial charge on any atom is -0.359 e. The van der Waals surface area contributed by atoms with Crippen molar-refractivity contribution in [3.63, 3.8) is 0 Å². The fourth-order valence-electron chi connectivity index (χ4n) is 3.39. The largest absolute Gasteiger partial charge is 0.359 e. The highest BCUT2D eigenvalue weighted by Crippen LogP contribution is 2.33. The number of fused-ring (bicyclic) bond motifs is 1. The Morgan fingerprint density at radius 2 is 2.03 bits per heavy atom. The van der Waals surface area contributed by atoms with Crippen molar-refractivity contribution in [1.29, 1.82) is 0 Å². The van der Waals surface area contributed by atoms with Crippen LogP contribution in [-0.4, -0.2) is 41.3 Å². The Balaban J connectivity index is 1.43. The molecular weight excluding hydrogens is 432 g/mol. The van der Waals surface area contributed by atoms with Crippen LogP contribution < -0.4 is 15.5 Å². The number of hydrogen-bond acceptors (Lipinski definition) is 4. The number of alkyl halides is 2. The van der Waals surface area contributed by atoms with Crippen LogP contribution in [0.5, 0.6) is 0 Å². The van der Waals surface area contributed by atoms with Gasteiger partial charge in [0.1, 0.15) is 5.82 Å². The van der Waals surface area contributed by atoms with Crippen LogP contribution in [0.3, 0.4) is 0 Å². The number of pyridine rings is 1. The summed E-state index contributed by atoms with van der Waals surface area (Å²) in [7, 11) is 0. The first-order valence-corrected chi connectivity index (χ1v) is 11.0. The van der Waals surface area contributed by atoms with Gasteiger partial charge in [0.05, 0.1) is 22.6 Å². The fourth-order valence-corrected chi connectivity index (χ4v) is 4.12. The number of halogens is 3. The topological polar surface area (TPSA) is 73.0 Å². The van der Waals surface area contributed by atoms with Crippen molar-refractivity contribution < 1.29 is 13.6 Å². The van der Waals surface area contributed by atoms with Crippen LogP contribution in [0, 0.1) is 0 Å². The first-order valence-electron chi connectivity index (χ1n) is 9.36. The summed E-state index contributed by atoms with van der Waals surface area (Å²) in [6.07, 6.45) is 4.74. The van der Waals surface area contributed by atoms with Gasteiger partial charge in [0, 0.05) is 47.9 Å². The third-order valence-corrected chi connectivity index (χ3v) is 6.01. The molecule has 2 aromatic heterocycles. The van der Waals surface area contributed by atoms with Crippen molar-refractivity contribution in [3.05, 3.63) is 41.7 Å². The van der Waals surface area contributed by atoms with Gasteiger partial charge in [0.25, 0.3) is 5.92 Å². The molecule has 158 valence electrons. The average molecular weight is 452 g/mol. The lowest BCUT2D eigenvalue weighted by Crippen LogP contribution is -2.39. The summed E-state index contributed by atoms with van der Waals surface area (Å²) in [5.41, 5.74) is 1.99. The first kappa shape index (κ1) is 20.7. The molecule has 0 atom stereocenters. The number of rotatable bonds is 4. The molecule has 0 bridgehead atoms. The molecule has 6 nitrogen and oxygen atoms in total. The normalized spacial score (nSPS) is 15.9. The van der Waals surface area contributed by atoms with E-state index in [-0.39, 0.29) is 25.9 Å². The molecule has 0 unspecified atom stereocenters. The van der Waals surface area contributed by atoms with Gasteiger partial charge in [-0.2, -0.15) is 0 Å². The lowest BCUT2D eigenvalue weighted by Gasteiger charge is -2.33. The summed E-state index contributed by atoms with van der Waals surface area (Å²) in [6, 6.07) is 7.10. The van der Waals surface area contributed by atoms with Gasteiger partial charge in [-0.1, -0.05) is 11.6 Å². The van der Waals surface area contributed by atoms with Crippen molar-refractivity contribution >= 4 is 57.5 Å². The van der Waals surface area contributed by atoms with E-state index in [1.54, 1.807) is 28.9 Å². The van der Waals surface area contributed by atoms with E-state index in [0.29, 0.717) is 22.2 Å². The molecule has 1 aliphatic heterocycles. The van der Waals surface area contributed by atoms with E-state index in [2.05, 4.69) is 20.6 Å². The Kier molecular flexibility index (Phi) is 5.75. The quantitative estimate of drug-likeness (QED) is 0.437. The van der Waals surface area contributed by atoms with E-state index >= 15 is 0 Å². The van der Waals surface area contributed by atoms with Crippen LogP contribution in [0.4, 0.5) is 30.8 Å². The molecule has 1 fully saturated rings. The summed E-state index contributed by atoms with van der Waals surface area (Å²) in [6.45, 7) is 0.372. The molecule has 0 aliphatic carbocycles. The number of aromatic nitrogens is 2. The molecule has 3 N–H and O–H groups in total. The number of H-pyrrole nitrogens is 1. The van der Waals surface area contributed by atoms with Crippen molar-refractivity contribution in [2.75, 3.05) is 34.9 Å². The number of anilines is 3. The Morgan fingerprint density at radius 3 is 2.73 bits per heavy atom. The highest BCUT2D eigenvalue weighted by Gasteiger charge is 2.34. The van der Waals surface area contributed by atoms with E-state index in [9.17, 15) is 13.6 Å². The number of carbonyl (C=O) groups excluding carboxylic acids is 1. The lowest BCUT2D eigenvalue weighted by atomic mass is 10.1. The molecular formula is C20H20ClF2N5OS. The van der Waals surface area contributed by atoms with E-state index in [1.807, 2.05) is 24.5 Å². The summed E-state index contributed by atoms with van der Waals surface area (Å²) in [5.74, 6) is -2.19. The summed E-state index contributed by atoms with van der Waals surface area (Å²) >= 11 is 7.92. The molecule has 0 radical (unpaired) electrons. The van der Waals surface area contributed by atoms with E-state index in [0.717, 1.165) is 15.8 Å². The van der Waals surface area contributed by atoms with Gasteiger partial charge in [-0.05, 0) is 30.5 Å². The minimum atomic E-state index is -2.64. The number of piperidine rings is 1. The molecule has 10 heteroatoms. The molecule has 30 heavy (non-hydrogen) atoms. The van der Waals surface area contributed by atoms with E-state index in [4.69, 9.17) is 11.6 Å². The number of urea groups is 1. The minimum absolute atomic E-state index is 0.186. The molecule has 2 amide bonds. The number of nitrogens with one attached hydrogen (secondary N) is 3. The fraction of sp³-hybridized carbons (Fsp3) is 0.300. The maximum atomic E-state index is 13.4. The van der Waals surface area contributed by atoms with Gasteiger partial charge < -0.3 is 20.5 Å². The Morgan fingerprint density at radius 1 is 1.27 bits per heavy atom. The van der Waals surface area contributed by atoms with Gasteiger partial charge >= 0.3 is 6.03 Å². The second-order valence-corrected chi connectivity index (χ2v) is 8.35. The number of thioether (sulfide) groups is 1. The maximum Gasteiger partial charge on any atom is 0.323 e. The number of carbonyl (C=O) groups is 1.